The number of nitrogens with zero attached hydrogens (tertiary/aromatic N) is 2. The molecule has 12 nitrogen and oxygen atoms in total. The van der Waals surface area contributed by atoms with Gasteiger partial charge in [-0.25, -0.2) is 14.0 Å². The predicted octanol–water partition coefficient (Wildman–Crippen LogP) is 6.44. The van der Waals surface area contributed by atoms with Gasteiger partial charge in [-0.2, -0.15) is 0 Å². The van der Waals surface area contributed by atoms with Crippen LogP contribution < -0.4 is 25.4 Å². The first-order chi connectivity index (χ1) is 24.0. The van der Waals surface area contributed by atoms with Crippen LogP contribution in [0, 0.1) is 11.7 Å². The van der Waals surface area contributed by atoms with Crippen LogP contribution in [0.1, 0.15) is 50.4 Å². The number of hydrogen-bond acceptors (Lipinski definition) is 7. The molecule has 0 aliphatic carbocycles. The molecule has 0 saturated heterocycles. The molecule has 0 saturated carbocycles. The number of aliphatic hydroxyl groups is 1. The number of rotatable bonds is 8. The third-order valence-electron chi connectivity index (χ3n) is 8.55. The topological polar surface area (TPSA) is 142 Å². The monoisotopic (exact) mass is 693 g/mol. The van der Waals surface area contributed by atoms with Crippen LogP contribution in [-0.4, -0.2) is 91.6 Å². The smallest absolute Gasteiger partial charge is 0.323 e. The molecule has 1 heterocycles. The fourth-order valence-corrected chi connectivity index (χ4v) is 5.54. The maximum Gasteiger partial charge on any atom is 0.323 e. The lowest BCUT2D eigenvalue weighted by Gasteiger charge is -2.35. The molecule has 0 aromatic heterocycles. The van der Waals surface area contributed by atoms with Crippen LogP contribution in [0.15, 0.2) is 66.7 Å². The molecular formula is C37H48FN5O7. The van der Waals surface area contributed by atoms with Crippen LogP contribution in [0.3, 0.4) is 0 Å². The van der Waals surface area contributed by atoms with Gasteiger partial charge in [0.2, 0.25) is 0 Å². The Morgan fingerprint density at radius 3 is 2.32 bits per heavy atom. The number of urea groups is 2. The van der Waals surface area contributed by atoms with Gasteiger partial charge in [0.1, 0.15) is 17.3 Å². The second-order valence-electron chi connectivity index (χ2n) is 12.6. The Morgan fingerprint density at radius 1 is 1.00 bits per heavy atom. The molecular weight excluding hydrogens is 645 g/mol. The summed E-state index contributed by atoms with van der Waals surface area (Å²) in [5.41, 5.74) is 1.57. The van der Waals surface area contributed by atoms with Crippen molar-refractivity contribution in [1.82, 2.24) is 9.80 Å². The molecule has 0 bridgehead atoms. The summed E-state index contributed by atoms with van der Waals surface area (Å²) in [7, 11) is 3.27. The number of methoxy groups -OCH3 is 1. The zero-order valence-electron chi connectivity index (χ0n) is 29.3. The van der Waals surface area contributed by atoms with Gasteiger partial charge in [-0.15, -0.1) is 0 Å². The van der Waals surface area contributed by atoms with Crippen LogP contribution in [0.2, 0.25) is 0 Å². The maximum atomic E-state index is 14.4. The molecule has 3 aromatic carbocycles. The summed E-state index contributed by atoms with van der Waals surface area (Å²) in [6.45, 7) is 6.26. The largest absolute Gasteiger partial charge is 0.497 e. The van der Waals surface area contributed by atoms with Gasteiger partial charge in [0, 0.05) is 49.7 Å². The van der Waals surface area contributed by atoms with Crippen molar-refractivity contribution in [1.29, 1.82) is 0 Å². The van der Waals surface area contributed by atoms with Gasteiger partial charge >= 0.3 is 12.1 Å². The summed E-state index contributed by atoms with van der Waals surface area (Å²) >= 11 is 0. The first-order valence-corrected chi connectivity index (χ1v) is 16.8. The van der Waals surface area contributed by atoms with Crippen LogP contribution in [-0.2, 0) is 4.74 Å². The lowest BCUT2D eigenvalue weighted by atomic mass is 10.0. The van der Waals surface area contributed by atoms with Crippen molar-refractivity contribution in [2.75, 3.05) is 56.4 Å². The molecule has 0 fully saturated rings. The van der Waals surface area contributed by atoms with E-state index in [0.717, 1.165) is 12.8 Å². The van der Waals surface area contributed by atoms with E-state index in [1.807, 2.05) is 13.8 Å². The lowest BCUT2D eigenvalue weighted by Crippen LogP contribution is -2.48. The van der Waals surface area contributed by atoms with Crippen molar-refractivity contribution in [2.45, 2.75) is 58.3 Å². The summed E-state index contributed by atoms with van der Waals surface area (Å²) in [5, 5.41) is 18.5. The van der Waals surface area contributed by atoms with Crippen molar-refractivity contribution in [3.05, 3.63) is 78.1 Å². The fourth-order valence-electron chi connectivity index (χ4n) is 5.54. The normalized spacial score (nSPS) is 19.2. The molecule has 3 aromatic rings. The second kappa shape index (κ2) is 18.2. The number of benzene rings is 3. The molecule has 4 atom stereocenters. The first kappa shape index (κ1) is 37.9. The molecule has 1 aliphatic rings. The van der Waals surface area contributed by atoms with E-state index in [9.17, 15) is 23.9 Å². The van der Waals surface area contributed by atoms with Crippen molar-refractivity contribution >= 4 is 35.0 Å². The number of anilines is 3. The number of hydrogen-bond donors (Lipinski definition) is 4. The molecule has 0 unspecified atom stereocenters. The Hall–Kier alpha value is -4.88. The molecule has 50 heavy (non-hydrogen) atoms. The highest BCUT2D eigenvalue weighted by Gasteiger charge is 2.31. The Kier molecular flexibility index (Phi) is 13.8. The highest BCUT2D eigenvalue weighted by molar-refractivity contribution is 6.02. The van der Waals surface area contributed by atoms with Crippen LogP contribution in [0.25, 0.3) is 0 Å². The van der Waals surface area contributed by atoms with Gasteiger partial charge in [-0.1, -0.05) is 6.92 Å². The van der Waals surface area contributed by atoms with Gasteiger partial charge in [0.05, 0.1) is 37.5 Å². The van der Waals surface area contributed by atoms with Crippen molar-refractivity contribution in [3.8, 4) is 11.5 Å². The zero-order chi connectivity index (χ0) is 36.2. The number of nitrogens with one attached hydrogen (secondary N) is 3. The quantitative estimate of drug-likeness (QED) is 0.213. The molecule has 5 amide bonds. The van der Waals surface area contributed by atoms with E-state index in [-0.39, 0.29) is 43.3 Å². The molecule has 0 radical (unpaired) electrons. The second-order valence-corrected chi connectivity index (χ2v) is 12.6. The molecule has 1 aliphatic heterocycles. The SMILES string of the molecule is COc1ccc(NC(=O)N(C)C[C@@H]2OCCCC[C@@H](C)Oc3ccc(NC(=O)Nc4ccc(F)cc4)cc3C(=O)N([C@H](C)CO)C[C@@H]2C)cc1. The lowest BCUT2D eigenvalue weighted by molar-refractivity contribution is -0.0115. The number of amides is 5. The molecule has 270 valence electrons. The highest BCUT2D eigenvalue weighted by atomic mass is 19.1. The number of aliphatic hydroxyl groups excluding tert-OH is 1. The number of fused-ring (bicyclic) bond motifs is 1. The summed E-state index contributed by atoms with van der Waals surface area (Å²) in [6, 6.07) is 15.8. The van der Waals surface area contributed by atoms with Crippen LogP contribution in [0.4, 0.5) is 31.0 Å². The van der Waals surface area contributed by atoms with E-state index < -0.39 is 29.9 Å². The number of carbonyl (C=O) groups excluding carboxylic acids is 3. The van der Waals surface area contributed by atoms with Crippen molar-refractivity contribution in [3.63, 3.8) is 0 Å². The highest BCUT2D eigenvalue weighted by Crippen LogP contribution is 2.29. The number of likely N-dealkylation sites (N-methyl/N-ethyl adjacent to an activating group) is 1. The standard InChI is InChI=1S/C37H48FN5O7/c1-24-21-43(25(2)23-44)35(45)32-20-30(40-36(46)39-28-11-9-27(38)10-12-28)15-18-33(32)50-26(3)8-6-7-19-49-34(24)22-42(4)37(47)41-29-13-16-31(48-5)17-14-29/h9-18,20,24-26,34,44H,6-8,19,21-23H2,1-5H3,(H,41,47)(H2,39,40,46)/t24-,25+,26+,34-/m0/s1. The van der Waals surface area contributed by atoms with Gasteiger partial charge in [0.25, 0.3) is 5.91 Å². The van der Waals surface area contributed by atoms with E-state index in [1.165, 1.54) is 24.3 Å². The summed E-state index contributed by atoms with van der Waals surface area (Å²) in [5.74, 6) is -0.0404. The average molecular weight is 694 g/mol. The summed E-state index contributed by atoms with van der Waals surface area (Å²) in [4.78, 5) is 43.4. The molecule has 4 N–H and O–H groups in total. The van der Waals surface area contributed by atoms with Crippen LogP contribution in [0.5, 0.6) is 11.5 Å². The number of carbonyl (C=O) groups is 3. The molecule has 4 rings (SSSR count). The minimum Gasteiger partial charge on any atom is -0.497 e. The third-order valence-corrected chi connectivity index (χ3v) is 8.55. The predicted molar refractivity (Wildman–Crippen MR) is 191 cm³/mol. The summed E-state index contributed by atoms with van der Waals surface area (Å²) < 4.78 is 31.1. The zero-order valence-corrected chi connectivity index (χ0v) is 29.3. The fraction of sp³-hybridized carbons (Fsp3) is 0.432. The minimum absolute atomic E-state index is 0.205. The van der Waals surface area contributed by atoms with Gasteiger partial charge in [-0.3, -0.25) is 4.79 Å². The maximum absolute atomic E-state index is 14.4. The van der Waals surface area contributed by atoms with Crippen molar-refractivity contribution < 1.29 is 38.1 Å². The Balaban J connectivity index is 1.56. The Bertz CT molecular complexity index is 1570. The van der Waals surface area contributed by atoms with E-state index in [0.29, 0.717) is 41.6 Å². The van der Waals surface area contributed by atoms with E-state index in [1.54, 1.807) is 73.3 Å². The molecule has 0 spiro atoms. The van der Waals surface area contributed by atoms with Gasteiger partial charge < -0.3 is 45.1 Å². The van der Waals surface area contributed by atoms with Gasteiger partial charge in [0.15, 0.2) is 0 Å². The third kappa shape index (κ3) is 10.8. The van der Waals surface area contributed by atoms with E-state index >= 15 is 0 Å². The van der Waals surface area contributed by atoms with Crippen LogP contribution >= 0.6 is 0 Å². The Morgan fingerprint density at radius 2 is 1.64 bits per heavy atom. The Labute approximate surface area is 292 Å². The number of halogens is 1. The summed E-state index contributed by atoms with van der Waals surface area (Å²) in [6.07, 6.45) is 1.64. The first-order valence-electron chi connectivity index (χ1n) is 16.8. The van der Waals surface area contributed by atoms with E-state index in [2.05, 4.69) is 16.0 Å². The van der Waals surface area contributed by atoms with Gasteiger partial charge in [-0.05, 0) is 99.8 Å². The average Bonchev–Trinajstić information content (AvgIpc) is 3.10. The van der Waals surface area contributed by atoms with Crippen molar-refractivity contribution in [2.24, 2.45) is 5.92 Å². The molecule has 13 heteroatoms. The van der Waals surface area contributed by atoms with E-state index in [4.69, 9.17) is 14.2 Å². The number of ether oxygens (including phenoxy) is 3. The minimum atomic E-state index is -0.575.